The molecular formula is C14H19BrClNO6. The minimum atomic E-state index is -1.82. The van der Waals surface area contributed by atoms with Gasteiger partial charge in [0.1, 0.15) is 12.4 Å². The molecule has 0 aliphatic heterocycles. The Morgan fingerprint density at radius 3 is 2.39 bits per heavy atom. The zero-order valence-electron chi connectivity index (χ0n) is 12.6. The molecule has 1 aromatic rings. The maximum Gasteiger partial charge on any atom is 0.414 e. The van der Waals surface area contributed by atoms with E-state index in [4.69, 9.17) is 40.9 Å². The Bertz CT molecular complexity index is 488. The van der Waals surface area contributed by atoms with Crippen LogP contribution in [0.2, 0.25) is 5.02 Å². The van der Waals surface area contributed by atoms with Crippen LogP contribution in [0.15, 0.2) is 22.7 Å². The van der Waals surface area contributed by atoms with Crippen LogP contribution in [0.3, 0.4) is 0 Å². The molecular weight excluding hydrogens is 394 g/mol. The summed E-state index contributed by atoms with van der Waals surface area (Å²) in [6.45, 7) is 3.18. The molecule has 0 spiro atoms. The van der Waals surface area contributed by atoms with Crippen molar-refractivity contribution in [1.82, 2.24) is 5.32 Å². The standard InChI is InChI=1S/C12H17BrClNO2.C2H2O4/c1-16-7-2-5-15-6-8-17-12-4-3-10(14)9-11(12)13;3-1(4)2(5)6/h3-4,9,15H,2,5-8H2,1H3;(H,3,4)(H,5,6). The van der Waals surface area contributed by atoms with E-state index in [1.165, 1.54) is 0 Å². The Balaban J connectivity index is 0.000000688. The van der Waals surface area contributed by atoms with E-state index in [1.54, 1.807) is 7.11 Å². The van der Waals surface area contributed by atoms with E-state index in [-0.39, 0.29) is 0 Å². The summed E-state index contributed by atoms with van der Waals surface area (Å²) in [7, 11) is 1.71. The van der Waals surface area contributed by atoms with Crippen molar-refractivity contribution in [2.75, 3.05) is 33.4 Å². The van der Waals surface area contributed by atoms with E-state index in [0.29, 0.717) is 11.6 Å². The molecule has 3 N–H and O–H groups in total. The highest BCUT2D eigenvalue weighted by Crippen LogP contribution is 2.27. The number of carboxylic acids is 2. The molecule has 0 aromatic heterocycles. The number of aliphatic carboxylic acids is 2. The monoisotopic (exact) mass is 411 g/mol. The van der Waals surface area contributed by atoms with E-state index in [1.807, 2.05) is 18.2 Å². The maximum atomic E-state index is 9.10. The van der Waals surface area contributed by atoms with Crippen molar-refractivity contribution in [3.05, 3.63) is 27.7 Å². The molecule has 0 radical (unpaired) electrons. The molecule has 0 saturated heterocycles. The minimum Gasteiger partial charge on any atom is -0.491 e. The summed E-state index contributed by atoms with van der Waals surface area (Å²) in [6, 6.07) is 5.49. The van der Waals surface area contributed by atoms with Crippen molar-refractivity contribution in [3.63, 3.8) is 0 Å². The molecule has 0 atom stereocenters. The lowest BCUT2D eigenvalue weighted by molar-refractivity contribution is -0.159. The molecule has 130 valence electrons. The van der Waals surface area contributed by atoms with Gasteiger partial charge in [-0.15, -0.1) is 0 Å². The van der Waals surface area contributed by atoms with Crippen molar-refractivity contribution in [2.24, 2.45) is 0 Å². The molecule has 0 aliphatic carbocycles. The number of carbonyl (C=O) groups is 2. The number of hydrogen-bond acceptors (Lipinski definition) is 5. The van der Waals surface area contributed by atoms with Gasteiger partial charge in [-0.1, -0.05) is 11.6 Å². The van der Waals surface area contributed by atoms with Crippen LogP contribution in [0.25, 0.3) is 0 Å². The Morgan fingerprint density at radius 1 is 1.22 bits per heavy atom. The quantitative estimate of drug-likeness (QED) is 0.444. The van der Waals surface area contributed by atoms with Crippen LogP contribution in [-0.2, 0) is 14.3 Å². The third-order valence-corrected chi connectivity index (χ3v) is 3.17. The fourth-order valence-electron chi connectivity index (χ4n) is 1.29. The summed E-state index contributed by atoms with van der Waals surface area (Å²) in [4.78, 5) is 18.2. The number of carboxylic acid groups (broad SMARTS) is 2. The first-order valence-electron chi connectivity index (χ1n) is 6.62. The van der Waals surface area contributed by atoms with Gasteiger partial charge in [0.2, 0.25) is 0 Å². The largest absolute Gasteiger partial charge is 0.491 e. The van der Waals surface area contributed by atoms with Crippen molar-refractivity contribution in [1.29, 1.82) is 0 Å². The van der Waals surface area contributed by atoms with Gasteiger partial charge in [0.25, 0.3) is 0 Å². The smallest absolute Gasteiger partial charge is 0.414 e. The highest BCUT2D eigenvalue weighted by atomic mass is 79.9. The van der Waals surface area contributed by atoms with Crippen molar-refractivity contribution < 1.29 is 29.3 Å². The summed E-state index contributed by atoms with van der Waals surface area (Å²) in [5, 5.41) is 18.8. The summed E-state index contributed by atoms with van der Waals surface area (Å²) < 4.78 is 11.4. The summed E-state index contributed by atoms with van der Waals surface area (Å²) in [5.74, 6) is -2.84. The summed E-state index contributed by atoms with van der Waals surface area (Å²) in [6.07, 6.45) is 1.02. The van der Waals surface area contributed by atoms with Gasteiger partial charge in [-0.25, -0.2) is 9.59 Å². The topological polar surface area (TPSA) is 105 Å². The lowest BCUT2D eigenvalue weighted by atomic mass is 10.3. The van der Waals surface area contributed by atoms with Gasteiger partial charge >= 0.3 is 11.9 Å². The molecule has 9 heteroatoms. The Hall–Kier alpha value is -1.35. The number of methoxy groups -OCH3 is 1. The van der Waals surface area contributed by atoms with Crippen molar-refractivity contribution in [3.8, 4) is 5.75 Å². The third kappa shape index (κ3) is 11.8. The highest BCUT2D eigenvalue weighted by Gasteiger charge is 2.04. The number of hydrogen-bond donors (Lipinski definition) is 3. The summed E-state index contributed by atoms with van der Waals surface area (Å²) in [5.41, 5.74) is 0. The molecule has 0 heterocycles. The zero-order valence-corrected chi connectivity index (χ0v) is 14.9. The van der Waals surface area contributed by atoms with E-state index in [2.05, 4.69) is 21.2 Å². The second-order valence-electron chi connectivity index (χ2n) is 4.13. The molecule has 0 fully saturated rings. The Morgan fingerprint density at radius 2 is 1.87 bits per heavy atom. The van der Waals surface area contributed by atoms with Gasteiger partial charge in [0.05, 0.1) is 4.47 Å². The van der Waals surface area contributed by atoms with E-state index in [9.17, 15) is 0 Å². The second-order valence-corrected chi connectivity index (χ2v) is 5.42. The average molecular weight is 413 g/mol. The summed E-state index contributed by atoms with van der Waals surface area (Å²) >= 11 is 9.24. The van der Waals surface area contributed by atoms with Crippen LogP contribution < -0.4 is 10.1 Å². The van der Waals surface area contributed by atoms with Crippen molar-refractivity contribution >= 4 is 39.5 Å². The number of nitrogens with one attached hydrogen (secondary N) is 1. The number of rotatable bonds is 8. The van der Waals surface area contributed by atoms with Gasteiger partial charge in [-0.05, 0) is 47.1 Å². The van der Waals surface area contributed by atoms with Gasteiger partial charge < -0.3 is 25.0 Å². The normalized spacial score (nSPS) is 9.70. The number of ether oxygens (including phenoxy) is 2. The lowest BCUT2D eigenvalue weighted by Gasteiger charge is -2.09. The first-order chi connectivity index (χ1) is 10.9. The first kappa shape index (κ1) is 21.6. The van der Waals surface area contributed by atoms with Crippen LogP contribution in [0, 0.1) is 0 Å². The van der Waals surface area contributed by atoms with Gasteiger partial charge in [-0.2, -0.15) is 0 Å². The molecule has 0 bridgehead atoms. The molecule has 1 aromatic carbocycles. The Kier molecular flexibility index (Phi) is 12.4. The molecule has 1 rings (SSSR count). The van der Waals surface area contributed by atoms with Gasteiger partial charge in [-0.3, -0.25) is 0 Å². The fraction of sp³-hybridized carbons (Fsp3) is 0.429. The molecule has 23 heavy (non-hydrogen) atoms. The van der Waals surface area contributed by atoms with Crippen LogP contribution in [-0.4, -0.2) is 55.6 Å². The molecule has 0 unspecified atom stereocenters. The first-order valence-corrected chi connectivity index (χ1v) is 7.79. The van der Waals surface area contributed by atoms with Crippen molar-refractivity contribution in [2.45, 2.75) is 6.42 Å². The number of halogens is 2. The molecule has 0 amide bonds. The predicted molar refractivity (Wildman–Crippen MR) is 89.3 cm³/mol. The Labute approximate surface area is 147 Å². The third-order valence-electron chi connectivity index (χ3n) is 2.32. The molecule has 0 aliphatic rings. The predicted octanol–water partition coefficient (Wildman–Crippen LogP) is 2.26. The SMILES string of the molecule is COCCCNCCOc1ccc(Cl)cc1Br.O=C(O)C(=O)O. The van der Waals surface area contributed by atoms with E-state index >= 15 is 0 Å². The average Bonchev–Trinajstić information content (AvgIpc) is 2.48. The molecule has 0 saturated carbocycles. The fourth-order valence-corrected chi connectivity index (χ4v) is 2.09. The van der Waals surface area contributed by atoms with E-state index < -0.39 is 11.9 Å². The minimum absolute atomic E-state index is 0.632. The van der Waals surface area contributed by atoms with Crippen LogP contribution >= 0.6 is 27.5 Å². The highest BCUT2D eigenvalue weighted by molar-refractivity contribution is 9.10. The lowest BCUT2D eigenvalue weighted by Crippen LogP contribution is -2.22. The van der Waals surface area contributed by atoms with Crippen LogP contribution in [0.4, 0.5) is 0 Å². The van der Waals surface area contributed by atoms with Gasteiger partial charge in [0, 0.05) is 25.3 Å². The zero-order chi connectivity index (χ0) is 17.7. The molecule has 7 nitrogen and oxygen atoms in total. The second kappa shape index (κ2) is 13.1. The van der Waals surface area contributed by atoms with E-state index in [0.717, 1.165) is 36.3 Å². The van der Waals surface area contributed by atoms with Crippen LogP contribution in [0.1, 0.15) is 6.42 Å². The maximum absolute atomic E-state index is 9.10. The number of benzene rings is 1. The van der Waals surface area contributed by atoms with Crippen LogP contribution in [0.5, 0.6) is 5.75 Å². The van der Waals surface area contributed by atoms with Gasteiger partial charge in [0.15, 0.2) is 0 Å².